The first kappa shape index (κ1) is 27.5. The molecular weight excluding hydrogens is 534 g/mol. The number of aliphatic hydroxyl groups excluding tert-OH is 1. The van der Waals surface area contributed by atoms with Gasteiger partial charge in [0.2, 0.25) is 0 Å². The number of benzene rings is 1. The first-order valence-corrected chi connectivity index (χ1v) is 16.2. The van der Waals surface area contributed by atoms with Gasteiger partial charge < -0.3 is 14.6 Å². The van der Waals surface area contributed by atoms with E-state index in [0.717, 1.165) is 53.6 Å². The summed E-state index contributed by atoms with van der Waals surface area (Å²) in [6.07, 6.45) is 8.75. The maximum atomic E-state index is 14.5. The molecule has 7 rings (SSSR count). The van der Waals surface area contributed by atoms with E-state index < -0.39 is 23.4 Å². The number of allylic oxidation sites excluding steroid dienone is 4. The van der Waals surface area contributed by atoms with E-state index in [1.54, 1.807) is 12.2 Å². The Morgan fingerprint density at radius 1 is 1.20 bits per heavy atom. The van der Waals surface area contributed by atoms with E-state index in [-0.39, 0.29) is 46.6 Å². The number of pyridine rings is 1. The van der Waals surface area contributed by atoms with Crippen LogP contribution in [0.3, 0.4) is 0 Å². The number of Topliss-reactive ketones (excluding diaryl/α,β-unsaturated/α-hetero) is 1. The smallest absolute Gasteiger partial charge is 0.178 e. The number of ketones is 2. The Bertz CT molecular complexity index is 1470. The lowest BCUT2D eigenvalue weighted by Gasteiger charge is -2.59. The number of nitrogens with zero attached hydrogens (tertiary/aromatic N) is 1. The number of aliphatic hydroxyl groups is 1. The molecule has 6 nitrogen and oxygen atoms in total. The molecule has 7 heteroatoms. The second-order valence-corrected chi connectivity index (χ2v) is 14.2. The van der Waals surface area contributed by atoms with Gasteiger partial charge in [0.15, 0.2) is 23.5 Å². The second-order valence-electron chi connectivity index (χ2n) is 13.2. The number of thioether (sulfide) groups is 1. The fourth-order valence-corrected chi connectivity index (χ4v) is 10.2. The third kappa shape index (κ3) is 3.99. The number of ether oxygens (including phenoxy) is 2. The van der Waals surface area contributed by atoms with Crippen LogP contribution in [-0.2, 0) is 19.1 Å². The fourth-order valence-electron chi connectivity index (χ4n) is 9.38. The van der Waals surface area contributed by atoms with E-state index in [1.165, 1.54) is 11.8 Å². The molecule has 2 heterocycles. The van der Waals surface area contributed by atoms with Gasteiger partial charge >= 0.3 is 0 Å². The molecule has 1 saturated heterocycles. The van der Waals surface area contributed by atoms with Crippen molar-refractivity contribution < 1.29 is 24.2 Å². The Kier molecular flexibility index (Phi) is 6.62. The molecule has 2 aromatic rings. The quantitative estimate of drug-likeness (QED) is 0.420. The van der Waals surface area contributed by atoms with Crippen LogP contribution in [0.2, 0.25) is 0 Å². The van der Waals surface area contributed by atoms with E-state index in [2.05, 4.69) is 20.8 Å². The maximum absolute atomic E-state index is 14.5. The summed E-state index contributed by atoms with van der Waals surface area (Å²) in [6.45, 7) is 6.46. The van der Waals surface area contributed by atoms with Crippen molar-refractivity contribution in [3.05, 3.63) is 60.2 Å². The summed E-state index contributed by atoms with van der Waals surface area (Å²) >= 11 is 1.46. The van der Waals surface area contributed by atoms with Crippen molar-refractivity contribution in [1.82, 2.24) is 4.98 Å². The Hall–Kier alpha value is -2.32. The van der Waals surface area contributed by atoms with E-state index >= 15 is 0 Å². The van der Waals surface area contributed by atoms with Gasteiger partial charge in [-0.3, -0.25) is 9.59 Å². The summed E-state index contributed by atoms with van der Waals surface area (Å²) in [6, 6.07) is 12.0. The summed E-state index contributed by atoms with van der Waals surface area (Å²) in [5.41, 5.74) is 0.0457. The van der Waals surface area contributed by atoms with Crippen molar-refractivity contribution in [2.24, 2.45) is 28.6 Å². The highest BCUT2D eigenvalue weighted by Crippen LogP contribution is 2.69. The third-order valence-corrected chi connectivity index (χ3v) is 12.1. The van der Waals surface area contributed by atoms with Crippen molar-refractivity contribution in [2.45, 2.75) is 88.4 Å². The van der Waals surface area contributed by atoms with Gasteiger partial charge in [0.05, 0.1) is 28.5 Å². The Labute approximate surface area is 246 Å². The number of aromatic nitrogens is 1. The molecule has 4 fully saturated rings. The van der Waals surface area contributed by atoms with Crippen molar-refractivity contribution in [3.8, 4) is 0 Å². The van der Waals surface area contributed by atoms with Crippen LogP contribution in [0.4, 0.5) is 0 Å². The number of para-hydroxylation sites is 1. The Morgan fingerprint density at radius 3 is 2.85 bits per heavy atom. The number of carbonyl (C=O) groups is 2. The van der Waals surface area contributed by atoms with Gasteiger partial charge in [0.25, 0.3) is 0 Å². The molecule has 9 atom stereocenters. The van der Waals surface area contributed by atoms with Gasteiger partial charge in [0, 0.05) is 22.1 Å². The standard InChI is InChI=1S/C34H39NO5S/c1-4-7-30-39-28-17-24-23-12-11-21-16-22(36)14-15-32(21,2)31(23)26(37)18-33(24,3)34(28,40-30)27(38)19-41-29-13-10-20-8-5-6-9-25(20)35-29/h5-6,8-10,13-16,23-24,26,28,30-31,37H,4,7,11-12,17-19H2,1-3H3/t23?,24?,26-,28+,30?,31?,32?,33?,34+/m0/s1. The minimum absolute atomic E-state index is 0.00137. The molecule has 1 aliphatic heterocycles. The van der Waals surface area contributed by atoms with Crippen molar-refractivity contribution in [1.29, 1.82) is 0 Å². The van der Waals surface area contributed by atoms with Crippen LogP contribution in [0, 0.1) is 28.6 Å². The van der Waals surface area contributed by atoms with Crippen LogP contribution < -0.4 is 0 Å². The van der Waals surface area contributed by atoms with E-state index in [9.17, 15) is 14.7 Å². The molecule has 0 radical (unpaired) electrons. The van der Waals surface area contributed by atoms with Gasteiger partial charge in [-0.25, -0.2) is 4.98 Å². The summed E-state index contributed by atoms with van der Waals surface area (Å²) in [5.74, 6) is 0.715. The zero-order chi connectivity index (χ0) is 28.6. The predicted molar refractivity (Wildman–Crippen MR) is 158 cm³/mol. The summed E-state index contributed by atoms with van der Waals surface area (Å²) in [7, 11) is 0. The number of carbonyl (C=O) groups excluding carboxylic acids is 2. The van der Waals surface area contributed by atoms with Crippen LogP contribution >= 0.6 is 11.8 Å². The molecule has 1 aromatic carbocycles. The van der Waals surface area contributed by atoms with Crippen LogP contribution in [0.1, 0.15) is 59.3 Å². The molecule has 0 bridgehead atoms. The summed E-state index contributed by atoms with van der Waals surface area (Å²) in [5, 5.41) is 13.8. The predicted octanol–water partition coefficient (Wildman–Crippen LogP) is 6.07. The lowest BCUT2D eigenvalue weighted by molar-refractivity contribution is -0.197. The highest BCUT2D eigenvalue weighted by Gasteiger charge is 2.75. The second kappa shape index (κ2) is 9.87. The lowest BCUT2D eigenvalue weighted by atomic mass is 9.46. The highest BCUT2D eigenvalue weighted by molar-refractivity contribution is 7.99. The molecule has 1 aromatic heterocycles. The average molecular weight is 574 g/mol. The summed E-state index contributed by atoms with van der Waals surface area (Å²) < 4.78 is 13.4. The molecular formula is C34H39NO5S. The number of hydrogen-bond acceptors (Lipinski definition) is 7. The Morgan fingerprint density at radius 2 is 2.02 bits per heavy atom. The fraction of sp³-hybridized carbons (Fsp3) is 0.559. The van der Waals surface area contributed by atoms with Crippen LogP contribution in [0.5, 0.6) is 0 Å². The van der Waals surface area contributed by atoms with Gasteiger partial charge in [-0.05, 0) is 68.2 Å². The molecule has 5 aliphatic rings. The molecule has 1 N–H and O–H groups in total. The zero-order valence-corrected chi connectivity index (χ0v) is 24.9. The van der Waals surface area contributed by atoms with Crippen LogP contribution in [-0.4, -0.2) is 51.5 Å². The van der Waals surface area contributed by atoms with Crippen LogP contribution in [0.25, 0.3) is 10.9 Å². The molecule has 0 amide bonds. The SMILES string of the molecule is CCCC1O[C@@H]2CC3C4CCC5=CC(=O)C=CC5(C)C4[C@@H](O)CC3(C)[C@]2(C(=O)CSc2ccc3ccccc3n2)O1. The lowest BCUT2D eigenvalue weighted by Crippen LogP contribution is -2.63. The normalized spacial score (nSPS) is 41.0. The third-order valence-electron chi connectivity index (χ3n) is 11.2. The first-order chi connectivity index (χ1) is 19.7. The first-order valence-electron chi connectivity index (χ1n) is 15.2. The summed E-state index contributed by atoms with van der Waals surface area (Å²) in [4.78, 5) is 31.5. The molecule has 4 aliphatic carbocycles. The van der Waals surface area contributed by atoms with E-state index in [0.29, 0.717) is 6.42 Å². The van der Waals surface area contributed by atoms with Crippen molar-refractivity contribution in [3.63, 3.8) is 0 Å². The molecule has 216 valence electrons. The Balaban J connectivity index is 1.21. The highest BCUT2D eigenvalue weighted by atomic mass is 32.2. The number of fused-ring (bicyclic) bond motifs is 8. The van der Waals surface area contributed by atoms with Crippen LogP contribution in [0.15, 0.2) is 65.2 Å². The monoisotopic (exact) mass is 573 g/mol. The minimum Gasteiger partial charge on any atom is -0.393 e. The number of hydrogen-bond donors (Lipinski definition) is 1. The zero-order valence-electron chi connectivity index (χ0n) is 24.0. The maximum Gasteiger partial charge on any atom is 0.178 e. The van der Waals surface area contributed by atoms with E-state index in [4.69, 9.17) is 14.5 Å². The van der Waals surface area contributed by atoms with Gasteiger partial charge in [0.1, 0.15) is 0 Å². The largest absolute Gasteiger partial charge is 0.393 e. The van der Waals surface area contributed by atoms with Crippen molar-refractivity contribution >= 4 is 34.2 Å². The minimum atomic E-state index is -1.09. The molecule has 0 spiro atoms. The molecule has 6 unspecified atom stereocenters. The van der Waals surface area contributed by atoms with Crippen molar-refractivity contribution in [2.75, 3.05) is 5.75 Å². The van der Waals surface area contributed by atoms with E-state index in [1.807, 2.05) is 42.5 Å². The molecule has 41 heavy (non-hydrogen) atoms. The number of rotatable bonds is 6. The van der Waals surface area contributed by atoms with Gasteiger partial charge in [-0.1, -0.05) is 74.9 Å². The topological polar surface area (TPSA) is 85.7 Å². The average Bonchev–Trinajstić information content (AvgIpc) is 3.44. The van der Waals surface area contributed by atoms with Gasteiger partial charge in [-0.2, -0.15) is 0 Å². The van der Waals surface area contributed by atoms with Gasteiger partial charge in [-0.15, -0.1) is 0 Å². The molecule has 3 saturated carbocycles.